The number of rotatable bonds is 4. The highest BCUT2D eigenvalue weighted by atomic mass is 16.6. The Morgan fingerprint density at radius 2 is 2.04 bits per heavy atom. The summed E-state index contributed by atoms with van der Waals surface area (Å²) < 4.78 is 5.75. The molecule has 6 heteroatoms. The largest absolute Gasteiger partial charge is 0.508 e. The number of piperidine rings is 1. The van der Waals surface area contributed by atoms with Crippen LogP contribution in [0.5, 0.6) is 5.75 Å². The van der Waals surface area contributed by atoms with E-state index >= 15 is 0 Å². The Labute approximate surface area is 154 Å². The van der Waals surface area contributed by atoms with Crippen molar-refractivity contribution >= 4 is 12.0 Å². The highest BCUT2D eigenvalue weighted by molar-refractivity contribution is 5.94. The van der Waals surface area contributed by atoms with Crippen molar-refractivity contribution in [2.24, 2.45) is 0 Å². The van der Waals surface area contributed by atoms with Gasteiger partial charge in [0.25, 0.3) is 5.91 Å². The third-order valence-electron chi connectivity index (χ3n) is 5.64. The van der Waals surface area contributed by atoms with Crippen molar-refractivity contribution < 1.29 is 19.4 Å². The summed E-state index contributed by atoms with van der Waals surface area (Å²) in [5.41, 5.74) is 0.813. The Hall–Kier alpha value is -2.24. The van der Waals surface area contributed by atoms with Crippen LogP contribution in [0.15, 0.2) is 18.2 Å². The van der Waals surface area contributed by atoms with Crippen LogP contribution in [0.2, 0.25) is 0 Å². The highest BCUT2D eigenvalue weighted by Crippen LogP contribution is 2.35. The molecule has 2 saturated heterocycles. The number of likely N-dealkylation sites (tertiary alicyclic amines) is 1. The normalized spacial score (nSPS) is 20.3. The summed E-state index contributed by atoms with van der Waals surface area (Å²) in [6.45, 7) is 7.72. The molecule has 1 aromatic rings. The lowest BCUT2D eigenvalue weighted by Crippen LogP contribution is -2.49. The summed E-state index contributed by atoms with van der Waals surface area (Å²) in [7, 11) is 0. The number of phenolic OH excluding ortho intramolecular Hbond substituents is 1. The Bertz CT molecular complexity index is 695. The summed E-state index contributed by atoms with van der Waals surface area (Å²) in [5, 5.41) is 9.63. The molecule has 0 aromatic heterocycles. The van der Waals surface area contributed by atoms with Gasteiger partial charge in [0.1, 0.15) is 11.4 Å². The Morgan fingerprint density at radius 1 is 1.35 bits per heavy atom. The summed E-state index contributed by atoms with van der Waals surface area (Å²) in [4.78, 5) is 28.6. The van der Waals surface area contributed by atoms with Crippen molar-refractivity contribution in [1.82, 2.24) is 9.80 Å². The molecule has 142 valence electrons. The zero-order valence-corrected chi connectivity index (χ0v) is 15.8. The van der Waals surface area contributed by atoms with Crippen molar-refractivity contribution in [2.75, 3.05) is 19.6 Å². The number of hydrogen-bond donors (Lipinski definition) is 1. The Balaban J connectivity index is 1.63. The van der Waals surface area contributed by atoms with Crippen molar-refractivity contribution in [2.45, 2.75) is 58.1 Å². The summed E-state index contributed by atoms with van der Waals surface area (Å²) in [6.07, 6.45) is 3.11. The third-order valence-corrected chi connectivity index (χ3v) is 5.64. The number of hydrogen-bond acceptors (Lipinski definition) is 4. The van der Waals surface area contributed by atoms with Crippen molar-refractivity contribution in [3.63, 3.8) is 0 Å². The number of carbonyl (C=O) groups is 2. The lowest BCUT2D eigenvalue weighted by Gasteiger charge is -2.37. The molecule has 26 heavy (non-hydrogen) atoms. The van der Waals surface area contributed by atoms with E-state index in [0.29, 0.717) is 43.6 Å². The van der Waals surface area contributed by atoms with Crippen LogP contribution in [-0.2, 0) is 4.74 Å². The van der Waals surface area contributed by atoms with Crippen LogP contribution in [0.4, 0.5) is 4.79 Å². The molecule has 0 unspecified atom stereocenters. The van der Waals surface area contributed by atoms with Gasteiger partial charge < -0.3 is 19.6 Å². The molecule has 0 bridgehead atoms. The predicted molar refractivity (Wildman–Crippen MR) is 98.3 cm³/mol. The molecule has 3 rings (SSSR count). The van der Waals surface area contributed by atoms with Crippen molar-refractivity contribution in [3.8, 4) is 5.75 Å². The van der Waals surface area contributed by atoms with Crippen molar-refractivity contribution in [1.29, 1.82) is 0 Å². The van der Waals surface area contributed by atoms with Gasteiger partial charge in [0.2, 0.25) is 0 Å². The van der Waals surface area contributed by atoms with Gasteiger partial charge in [-0.1, -0.05) is 13.3 Å². The van der Waals surface area contributed by atoms with Gasteiger partial charge in [0, 0.05) is 37.5 Å². The first-order valence-corrected chi connectivity index (χ1v) is 9.44. The third kappa shape index (κ3) is 3.50. The molecule has 2 fully saturated rings. The van der Waals surface area contributed by atoms with E-state index in [1.807, 2.05) is 9.80 Å². The molecule has 6 nitrogen and oxygen atoms in total. The van der Waals surface area contributed by atoms with Crippen LogP contribution in [-0.4, -0.2) is 58.2 Å². The van der Waals surface area contributed by atoms with Crippen molar-refractivity contribution in [3.05, 3.63) is 29.3 Å². The fourth-order valence-corrected chi connectivity index (χ4v) is 3.91. The van der Waals surface area contributed by atoms with Crippen LogP contribution in [0.3, 0.4) is 0 Å². The fourth-order valence-electron chi connectivity index (χ4n) is 3.91. The zero-order valence-electron chi connectivity index (χ0n) is 15.8. The smallest absolute Gasteiger partial charge is 0.410 e. The topological polar surface area (TPSA) is 70.1 Å². The Morgan fingerprint density at radius 3 is 2.65 bits per heavy atom. The van der Waals surface area contributed by atoms with Gasteiger partial charge in [0.05, 0.1) is 6.54 Å². The molecule has 2 aliphatic rings. The second kappa shape index (κ2) is 7.17. The first-order valence-electron chi connectivity index (χ1n) is 9.44. The first-order chi connectivity index (χ1) is 12.3. The molecular weight excluding hydrogens is 332 g/mol. The molecule has 1 atom stereocenters. The maximum Gasteiger partial charge on any atom is 0.410 e. The van der Waals surface area contributed by atoms with Gasteiger partial charge in [-0.05, 0) is 44.0 Å². The van der Waals surface area contributed by atoms with Crippen LogP contribution in [0.1, 0.15) is 55.5 Å². The minimum absolute atomic E-state index is 0.0384. The summed E-state index contributed by atoms with van der Waals surface area (Å²) in [5.74, 6) is 0.154. The average Bonchev–Trinajstić information content (AvgIpc) is 2.94. The molecule has 1 aromatic carbocycles. The van der Waals surface area contributed by atoms with Gasteiger partial charge in [0.15, 0.2) is 0 Å². The van der Waals surface area contributed by atoms with Gasteiger partial charge >= 0.3 is 6.09 Å². The lowest BCUT2D eigenvalue weighted by molar-refractivity contribution is 0.00306. The molecule has 2 aliphatic heterocycles. The van der Waals surface area contributed by atoms with E-state index in [0.717, 1.165) is 12.8 Å². The summed E-state index contributed by atoms with van der Waals surface area (Å²) in [6, 6.07) is 5.11. The van der Waals surface area contributed by atoms with E-state index in [-0.39, 0.29) is 23.8 Å². The molecule has 0 radical (unpaired) electrons. The van der Waals surface area contributed by atoms with Gasteiger partial charge in [-0.2, -0.15) is 0 Å². The Kier molecular flexibility index (Phi) is 5.12. The van der Waals surface area contributed by atoms with E-state index < -0.39 is 5.60 Å². The zero-order chi connectivity index (χ0) is 18.9. The molecule has 2 heterocycles. The van der Waals surface area contributed by atoms with E-state index in [4.69, 9.17) is 4.74 Å². The molecule has 1 N–H and O–H groups in total. The maximum absolute atomic E-state index is 12.7. The molecular formula is C20H28N2O4. The average molecular weight is 360 g/mol. The number of benzene rings is 1. The van der Waals surface area contributed by atoms with Gasteiger partial charge in [-0.3, -0.25) is 4.79 Å². The lowest BCUT2D eigenvalue weighted by atomic mass is 9.90. The highest BCUT2D eigenvalue weighted by Gasteiger charge is 2.48. The fraction of sp³-hybridized carbons (Fsp3) is 0.600. The van der Waals surface area contributed by atoms with Crippen LogP contribution in [0.25, 0.3) is 0 Å². The van der Waals surface area contributed by atoms with Crippen LogP contribution >= 0.6 is 0 Å². The monoisotopic (exact) mass is 360 g/mol. The number of aromatic hydroxyl groups is 1. The van der Waals surface area contributed by atoms with Crippen LogP contribution < -0.4 is 0 Å². The van der Waals surface area contributed by atoms with E-state index in [9.17, 15) is 14.7 Å². The van der Waals surface area contributed by atoms with E-state index in [2.05, 4.69) is 13.8 Å². The minimum atomic E-state index is -0.458. The number of amides is 2. The predicted octanol–water partition coefficient (Wildman–Crippen LogP) is 3.32. The number of aryl methyl sites for hydroxylation is 1. The quantitative estimate of drug-likeness (QED) is 0.894. The molecule has 0 saturated carbocycles. The molecule has 1 spiro atoms. The second-order valence-corrected chi connectivity index (χ2v) is 7.61. The second-order valence-electron chi connectivity index (χ2n) is 7.61. The van der Waals surface area contributed by atoms with Crippen LogP contribution in [0, 0.1) is 6.92 Å². The number of carbonyl (C=O) groups excluding carboxylic acids is 2. The standard InChI is InChI=1S/C20H28N2O4/c1-4-5-15(3)22-13-20(26-19(22)25)8-10-21(11-9-20)18(24)16-6-7-17(23)14(2)12-16/h6-7,12,15,23H,4-5,8-11,13H2,1-3H3/t15-/m1/s1. The number of nitrogens with zero attached hydrogens (tertiary/aromatic N) is 2. The van der Waals surface area contributed by atoms with E-state index in [1.165, 1.54) is 0 Å². The van der Waals surface area contributed by atoms with E-state index in [1.54, 1.807) is 25.1 Å². The maximum atomic E-state index is 12.7. The van der Waals surface area contributed by atoms with Gasteiger partial charge in [-0.15, -0.1) is 0 Å². The van der Waals surface area contributed by atoms with Gasteiger partial charge in [-0.25, -0.2) is 4.79 Å². The summed E-state index contributed by atoms with van der Waals surface area (Å²) >= 11 is 0. The molecule has 2 amide bonds. The first kappa shape index (κ1) is 18.5. The molecule has 0 aliphatic carbocycles. The number of ether oxygens (including phenoxy) is 1. The number of phenols is 1. The minimum Gasteiger partial charge on any atom is -0.508 e. The SMILES string of the molecule is CCC[C@@H](C)N1CC2(CCN(C(=O)c3ccc(O)c(C)c3)CC2)OC1=O.